The molecule has 1 amide bonds. The van der Waals surface area contributed by atoms with E-state index in [9.17, 15) is 4.79 Å². The molecule has 1 aromatic carbocycles. The molecule has 0 radical (unpaired) electrons. The molecule has 0 spiro atoms. The molecule has 1 heterocycles. The van der Waals surface area contributed by atoms with E-state index in [2.05, 4.69) is 15.2 Å². The number of hydrogen-bond donors (Lipinski definition) is 2. The molecule has 0 bridgehead atoms. The lowest BCUT2D eigenvalue weighted by Crippen LogP contribution is -2.32. The first-order valence-corrected chi connectivity index (χ1v) is 8.05. The van der Waals surface area contributed by atoms with E-state index in [0.717, 1.165) is 5.56 Å². The van der Waals surface area contributed by atoms with Crippen molar-refractivity contribution in [1.29, 1.82) is 0 Å². The fraction of sp³-hybridized carbons (Fsp3) is 0.222. The molecule has 26 heavy (non-hydrogen) atoms. The first-order valence-electron chi connectivity index (χ1n) is 8.05. The molecular weight excluding hydrogens is 352 g/mol. The second-order valence-corrected chi connectivity index (χ2v) is 5.22. The van der Waals surface area contributed by atoms with Gasteiger partial charge in [0.15, 0.2) is 0 Å². The third kappa shape index (κ3) is 5.03. The molecule has 138 valence electrons. The average molecular weight is 375 g/mol. The van der Waals surface area contributed by atoms with Crippen molar-refractivity contribution < 1.29 is 4.79 Å². The van der Waals surface area contributed by atoms with Crippen LogP contribution in [0.25, 0.3) is 0 Å². The van der Waals surface area contributed by atoms with Gasteiger partial charge in [0.1, 0.15) is 11.4 Å². The maximum absolute atomic E-state index is 12.8. The number of carbonyl (C=O) groups excluding carboxylic acids is 1. The van der Waals surface area contributed by atoms with E-state index in [-0.39, 0.29) is 24.3 Å². The Labute approximate surface area is 159 Å². The van der Waals surface area contributed by atoms with Crippen LogP contribution in [0, 0.1) is 0 Å². The fourth-order valence-electron chi connectivity index (χ4n) is 2.39. The van der Waals surface area contributed by atoms with E-state index in [1.807, 2.05) is 44.2 Å². The number of aromatic nitrogens is 1. The first-order chi connectivity index (χ1) is 12.1. The summed E-state index contributed by atoms with van der Waals surface area (Å²) < 4.78 is 0. The zero-order valence-corrected chi connectivity index (χ0v) is 15.6. The van der Waals surface area contributed by atoms with Gasteiger partial charge in [-0.05, 0) is 26.0 Å². The van der Waals surface area contributed by atoms with Crippen LogP contribution >= 0.6 is 12.4 Å². The number of halogens is 1. The number of amides is 1. The summed E-state index contributed by atoms with van der Waals surface area (Å²) in [5.74, 6) is -0.276. The van der Waals surface area contributed by atoms with Gasteiger partial charge in [0.25, 0.3) is 5.91 Å². The number of nitrogens with two attached hydrogens (primary N) is 2. The van der Waals surface area contributed by atoms with Gasteiger partial charge in [0.05, 0.1) is 5.56 Å². The summed E-state index contributed by atoms with van der Waals surface area (Å²) in [5, 5.41) is 7.90. The minimum absolute atomic E-state index is 0. The minimum Gasteiger partial charge on any atom is -0.369 e. The van der Waals surface area contributed by atoms with Crippen molar-refractivity contribution in [3.05, 3.63) is 65.5 Å². The molecule has 0 aliphatic heterocycles. The SMILES string of the molecule is CCN(CC)C(=O)c1cccnc1/C(=N/N=C(N)N)c1ccccc1.Cl. The van der Waals surface area contributed by atoms with Crippen LogP contribution in [0.3, 0.4) is 0 Å². The maximum atomic E-state index is 12.8. The van der Waals surface area contributed by atoms with Gasteiger partial charge in [-0.25, -0.2) is 0 Å². The highest BCUT2D eigenvalue weighted by Crippen LogP contribution is 2.16. The predicted molar refractivity (Wildman–Crippen MR) is 107 cm³/mol. The van der Waals surface area contributed by atoms with Crippen LogP contribution in [-0.2, 0) is 0 Å². The molecule has 0 fully saturated rings. The molecule has 4 N–H and O–H groups in total. The van der Waals surface area contributed by atoms with Crippen molar-refractivity contribution >= 4 is 30.0 Å². The molecule has 0 aliphatic carbocycles. The van der Waals surface area contributed by atoms with E-state index in [0.29, 0.717) is 30.1 Å². The van der Waals surface area contributed by atoms with E-state index in [1.54, 1.807) is 23.2 Å². The molecule has 0 unspecified atom stereocenters. The van der Waals surface area contributed by atoms with Crippen LogP contribution in [0.15, 0.2) is 58.9 Å². The molecule has 0 atom stereocenters. The lowest BCUT2D eigenvalue weighted by molar-refractivity contribution is 0.0772. The highest BCUT2D eigenvalue weighted by Gasteiger charge is 2.21. The van der Waals surface area contributed by atoms with E-state index < -0.39 is 0 Å². The van der Waals surface area contributed by atoms with Crippen molar-refractivity contribution in [3.8, 4) is 0 Å². The molecule has 1 aromatic heterocycles. The third-order valence-corrected chi connectivity index (χ3v) is 3.63. The van der Waals surface area contributed by atoms with Crippen molar-refractivity contribution in [2.45, 2.75) is 13.8 Å². The fourth-order valence-corrected chi connectivity index (χ4v) is 2.39. The van der Waals surface area contributed by atoms with Gasteiger partial charge in [-0.3, -0.25) is 9.78 Å². The Bertz CT molecular complexity index is 783. The summed E-state index contributed by atoms with van der Waals surface area (Å²) in [4.78, 5) is 18.9. The van der Waals surface area contributed by atoms with Crippen molar-refractivity contribution in [3.63, 3.8) is 0 Å². The van der Waals surface area contributed by atoms with Gasteiger partial charge in [-0.2, -0.15) is 0 Å². The van der Waals surface area contributed by atoms with Gasteiger partial charge in [0.2, 0.25) is 5.96 Å². The summed E-state index contributed by atoms with van der Waals surface area (Å²) >= 11 is 0. The summed E-state index contributed by atoms with van der Waals surface area (Å²) in [7, 11) is 0. The molecule has 7 nitrogen and oxygen atoms in total. The van der Waals surface area contributed by atoms with Gasteiger partial charge in [-0.1, -0.05) is 30.3 Å². The number of benzene rings is 1. The Kier molecular flexibility index (Phi) is 8.24. The quantitative estimate of drug-likeness (QED) is 0.457. The van der Waals surface area contributed by atoms with Crippen molar-refractivity contribution in [1.82, 2.24) is 9.88 Å². The average Bonchev–Trinajstić information content (AvgIpc) is 2.64. The van der Waals surface area contributed by atoms with Crippen LogP contribution in [-0.4, -0.2) is 40.6 Å². The first kappa shape index (κ1) is 21.1. The second-order valence-electron chi connectivity index (χ2n) is 5.22. The summed E-state index contributed by atoms with van der Waals surface area (Å²) in [5.41, 5.74) is 12.9. The molecule has 2 rings (SSSR count). The van der Waals surface area contributed by atoms with Gasteiger partial charge >= 0.3 is 0 Å². The van der Waals surface area contributed by atoms with Crippen LogP contribution < -0.4 is 11.5 Å². The number of rotatable bonds is 6. The number of guanidine groups is 1. The third-order valence-electron chi connectivity index (χ3n) is 3.63. The maximum Gasteiger partial charge on any atom is 0.256 e. The van der Waals surface area contributed by atoms with Gasteiger partial charge in [0, 0.05) is 24.8 Å². The number of pyridine rings is 1. The highest BCUT2D eigenvalue weighted by molar-refractivity contribution is 6.17. The summed E-state index contributed by atoms with van der Waals surface area (Å²) in [6.45, 7) is 5.08. The number of carbonyl (C=O) groups is 1. The molecular formula is C18H23ClN6O. The number of nitrogens with zero attached hydrogens (tertiary/aromatic N) is 4. The molecule has 0 saturated heterocycles. The largest absolute Gasteiger partial charge is 0.369 e. The molecule has 2 aromatic rings. The van der Waals surface area contributed by atoms with Crippen molar-refractivity contribution in [2.24, 2.45) is 21.7 Å². The van der Waals surface area contributed by atoms with Crippen LogP contribution in [0.5, 0.6) is 0 Å². The summed E-state index contributed by atoms with van der Waals surface area (Å²) in [6.07, 6.45) is 1.61. The summed E-state index contributed by atoms with van der Waals surface area (Å²) in [6, 6.07) is 12.8. The monoisotopic (exact) mass is 374 g/mol. The Hall–Kier alpha value is -2.93. The second kappa shape index (κ2) is 10.1. The zero-order valence-electron chi connectivity index (χ0n) is 14.8. The lowest BCUT2D eigenvalue weighted by Gasteiger charge is -2.20. The predicted octanol–water partition coefficient (Wildman–Crippen LogP) is 2.01. The lowest BCUT2D eigenvalue weighted by atomic mass is 10.0. The molecule has 8 heteroatoms. The smallest absolute Gasteiger partial charge is 0.256 e. The Morgan fingerprint density at radius 2 is 1.69 bits per heavy atom. The van der Waals surface area contributed by atoms with Gasteiger partial charge < -0.3 is 16.4 Å². The van der Waals surface area contributed by atoms with Crippen LogP contribution in [0.1, 0.15) is 35.5 Å². The standard InChI is InChI=1S/C18H22N6O.ClH/c1-3-24(4-2)17(25)14-11-8-12-21-16(14)15(22-23-18(19)20)13-9-6-5-7-10-13;/h5-12H,3-4H2,1-2H3,(H4,19,20,23);1H/b22-15+;. The molecule has 0 aliphatic rings. The van der Waals surface area contributed by atoms with E-state index in [1.165, 1.54) is 0 Å². The molecule has 0 saturated carbocycles. The van der Waals surface area contributed by atoms with E-state index >= 15 is 0 Å². The topological polar surface area (TPSA) is 110 Å². The van der Waals surface area contributed by atoms with E-state index in [4.69, 9.17) is 11.5 Å². The Balaban J connectivity index is 0.00000338. The Morgan fingerprint density at radius 1 is 1.04 bits per heavy atom. The van der Waals surface area contributed by atoms with Crippen LogP contribution in [0.2, 0.25) is 0 Å². The highest BCUT2D eigenvalue weighted by atomic mass is 35.5. The van der Waals surface area contributed by atoms with Crippen LogP contribution in [0.4, 0.5) is 0 Å². The number of hydrogen-bond acceptors (Lipinski definition) is 4. The minimum atomic E-state index is -0.166. The van der Waals surface area contributed by atoms with Gasteiger partial charge in [-0.15, -0.1) is 22.6 Å². The zero-order chi connectivity index (χ0) is 18.2. The Morgan fingerprint density at radius 3 is 2.27 bits per heavy atom. The van der Waals surface area contributed by atoms with Crippen molar-refractivity contribution in [2.75, 3.05) is 13.1 Å². The normalized spacial score (nSPS) is 10.6.